The van der Waals surface area contributed by atoms with Crippen molar-refractivity contribution in [1.82, 2.24) is 20.6 Å². The van der Waals surface area contributed by atoms with Gasteiger partial charge in [-0.2, -0.15) is 0 Å². The first-order chi connectivity index (χ1) is 19.2. The monoisotopic (exact) mass is 542 g/mol. The predicted molar refractivity (Wildman–Crippen MR) is 145 cm³/mol. The molecule has 2 aromatic carbocycles. The molecule has 1 saturated carbocycles. The summed E-state index contributed by atoms with van der Waals surface area (Å²) in [6.07, 6.45) is 6.50. The van der Waals surface area contributed by atoms with E-state index in [0.717, 1.165) is 28.6 Å². The smallest absolute Gasteiger partial charge is 0.310 e. The minimum absolute atomic E-state index is 0.0294. The Morgan fingerprint density at radius 3 is 2.45 bits per heavy atom. The van der Waals surface area contributed by atoms with Crippen molar-refractivity contribution in [2.45, 2.75) is 38.4 Å². The van der Waals surface area contributed by atoms with Crippen molar-refractivity contribution in [1.29, 1.82) is 0 Å². The summed E-state index contributed by atoms with van der Waals surface area (Å²) in [4.78, 5) is 67.8. The predicted octanol–water partition coefficient (Wildman–Crippen LogP) is 1.05. The number of fused-ring (bicyclic) bond motifs is 1. The summed E-state index contributed by atoms with van der Waals surface area (Å²) in [7, 11) is 0. The highest BCUT2D eigenvalue weighted by atomic mass is 16.4. The van der Waals surface area contributed by atoms with Crippen molar-refractivity contribution in [3.8, 4) is 0 Å². The average Bonchev–Trinajstić information content (AvgIpc) is 3.37. The van der Waals surface area contributed by atoms with Crippen molar-refractivity contribution in [3.63, 3.8) is 0 Å². The number of carbonyl (C=O) groups is 3. The molecule has 6 N–H and O–H groups in total. The molecule has 0 spiro atoms. The molecular formula is C28H26N6O6. The number of hydrogen-bond donors (Lipinski definition) is 5. The quantitative estimate of drug-likeness (QED) is 0.244. The van der Waals surface area contributed by atoms with E-state index in [1.54, 1.807) is 12.1 Å². The summed E-state index contributed by atoms with van der Waals surface area (Å²) >= 11 is 0. The van der Waals surface area contributed by atoms with Gasteiger partial charge in [0.15, 0.2) is 0 Å². The van der Waals surface area contributed by atoms with E-state index in [-0.39, 0.29) is 41.9 Å². The molecule has 0 bridgehead atoms. The highest BCUT2D eigenvalue weighted by molar-refractivity contribution is 5.97. The van der Waals surface area contributed by atoms with Crippen LogP contribution in [0.5, 0.6) is 0 Å². The number of carboxylic acids is 1. The van der Waals surface area contributed by atoms with Crippen LogP contribution < -0.4 is 32.5 Å². The number of anilines is 2. The first-order valence-corrected chi connectivity index (χ1v) is 12.7. The van der Waals surface area contributed by atoms with Gasteiger partial charge in [-0.25, -0.2) is 9.97 Å². The number of hydrogen-bond acceptors (Lipinski definition) is 9. The number of allylic oxidation sites excluding steroid dienone is 1. The van der Waals surface area contributed by atoms with Crippen LogP contribution in [0.4, 0.5) is 11.4 Å². The standard InChI is InChI=1S/C28H26N6O6/c29-22-23(25(36)24(22)35)30-11-14-2-1-3-15(8-14)12-31-26(37)20-10-21(33-13-32-20)27(38)34-19-7-5-16-9-17(28(39)40)4-6-18(16)19/h1-3,6,8-10,13,17,19,30H,4-5,7,11-12,29H2,(H,31,37)(H,34,38)(H,39,40)/t17?,19-/m0/s1. The SMILES string of the molecule is Nc1c(NCc2cccc(CNC(=O)c3cc(C(=O)N[C@H]4CCC5=CC(C(=O)O)CC=C54)ncn3)c2)c(=O)c1=O. The molecular weight excluding hydrogens is 516 g/mol. The number of carboxylic acid groups (broad SMARTS) is 1. The van der Waals surface area contributed by atoms with Gasteiger partial charge < -0.3 is 26.8 Å². The Labute approximate surface area is 227 Å². The molecule has 204 valence electrons. The molecule has 12 heteroatoms. The molecule has 2 aliphatic carbocycles. The molecule has 1 heterocycles. The molecule has 5 rings (SSSR count). The number of aliphatic carboxylic acids is 1. The lowest BCUT2D eigenvalue weighted by Gasteiger charge is -2.19. The van der Waals surface area contributed by atoms with Crippen LogP contribution >= 0.6 is 0 Å². The number of aromatic nitrogens is 2. The van der Waals surface area contributed by atoms with E-state index >= 15 is 0 Å². The fraction of sp³-hybridized carbons (Fsp3) is 0.250. The molecule has 2 amide bonds. The molecule has 12 nitrogen and oxygen atoms in total. The van der Waals surface area contributed by atoms with E-state index in [9.17, 15) is 29.1 Å². The van der Waals surface area contributed by atoms with E-state index in [4.69, 9.17) is 5.73 Å². The Morgan fingerprint density at radius 2 is 1.73 bits per heavy atom. The van der Waals surface area contributed by atoms with Gasteiger partial charge in [0, 0.05) is 19.2 Å². The second kappa shape index (κ2) is 10.9. The summed E-state index contributed by atoms with van der Waals surface area (Å²) < 4.78 is 0. The molecule has 1 fully saturated rings. The van der Waals surface area contributed by atoms with Crippen LogP contribution in [0.15, 0.2) is 69.5 Å². The van der Waals surface area contributed by atoms with E-state index in [1.807, 2.05) is 24.3 Å². The zero-order valence-electron chi connectivity index (χ0n) is 21.3. The molecule has 40 heavy (non-hydrogen) atoms. The van der Waals surface area contributed by atoms with Crippen molar-refractivity contribution in [2.24, 2.45) is 5.92 Å². The van der Waals surface area contributed by atoms with Crippen molar-refractivity contribution < 1.29 is 19.5 Å². The fourth-order valence-corrected chi connectivity index (χ4v) is 4.90. The zero-order valence-corrected chi connectivity index (χ0v) is 21.3. The topological polar surface area (TPSA) is 193 Å². The first-order valence-electron chi connectivity index (χ1n) is 12.7. The summed E-state index contributed by atoms with van der Waals surface area (Å²) in [5, 5.41) is 17.8. The largest absolute Gasteiger partial charge is 0.481 e. The summed E-state index contributed by atoms with van der Waals surface area (Å²) in [5.74, 6) is -2.35. The molecule has 0 aliphatic heterocycles. The average molecular weight is 543 g/mol. The van der Waals surface area contributed by atoms with Crippen LogP contribution in [0.2, 0.25) is 0 Å². The van der Waals surface area contributed by atoms with Crippen LogP contribution in [-0.4, -0.2) is 38.9 Å². The third-order valence-electron chi connectivity index (χ3n) is 7.06. The second-order valence-electron chi connectivity index (χ2n) is 9.69. The van der Waals surface area contributed by atoms with Crippen molar-refractivity contribution >= 4 is 29.2 Å². The Hall–Kier alpha value is -5.13. The summed E-state index contributed by atoms with van der Waals surface area (Å²) in [6, 6.07) is 8.34. The molecule has 3 aromatic rings. The molecule has 2 aliphatic rings. The number of benzene rings is 1. The maximum atomic E-state index is 12.9. The normalized spacial score (nSPS) is 17.9. The summed E-state index contributed by atoms with van der Waals surface area (Å²) in [5.41, 5.74) is 7.80. The molecule has 1 aromatic heterocycles. The first kappa shape index (κ1) is 26.5. The third kappa shape index (κ3) is 5.37. The second-order valence-corrected chi connectivity index (χ2v) is 9.69. The van der Waals surface area contributed by atoms with Crippen LogP contribution in [0.1, 0.15) is 51.4 Å². The number of rotatable bonds is 9. The Bertz CT molecular complexity index is 1650. The number of nitrogens with zero attached hydrogens (tertiary/aromatic N) is 2. The molecule has 2 atom stereocenters. The zero-order chi connectivity index (χ0) is 28.4. The summed E-state index contributed by atoms with van der Waals surface area (Å²) in [6.45, 7) is 0.458. The molecule has 1 unspecified atom stereocenters. The number of amides is 2. The van der Waals surface area contributed by atoms with Gasteiger partial charge in [-0.05, 0) is 41.5 Å². The van der Waals surface area contributed by atoms with Crippen LogP contribution in [-0.2, 0) is 17.9 Å². The third-order valence-corrected chi connectivity index (χ3v) is 7.06. The van der Waals surface area contributed by atoms with Crippen LogP contribution in [0, 0.1) is 5.92 Å². The molecule has 0 radical (unpaired) electrons. The van der Waals surface area contributed by atoms with E-state index < -0.39 is 34.6 Å². The van der Waals surface area contributed by atoms with Crippen LogP contribution in [0.3, 0.4) is 0 Å². The highest BCUT2D eigenvalue weighted by Crippen LogP contribution is 2.36. The van der Waals surface area contributed by atoms with Gasteiger partial charge in [0.05, 0.1) is 12.0 Å². The van der Waals surface area contributed by atoms with Gasteiger partial charge in [-0.1, -0.05) is 36.4 Å². The molecule has 0 saturated heterocycles. The van der Waals surface area contributed by atoms with Gasteiger partial charge in [0.1, 0.15) is 29.1 Å². The Morgan fingerprint density at radius 1 is 1.00 bits per heavy atom. The maximum Gasteiger partial charge on any atom is 0.310 e. The maximum absolute atomic E-state index is 12.9. The Kier molecular flexibility index (Phi) is 7.23. The van der Waals surface area contributed by atoms with Gasteiger partial charge in [0.2, 0.25) is 0 Å². The van der Waals surface area contributed by atoms with Crippen molar-refractivity contribution in [2.75, 3.05) is 11.1 Å². The number of nitrogens with two attached hydrogens (primary N) is 1. The van der Waals surface area contributed by atoms with Gasteiger partial charge in [-0.3, -0.25) is 24.0 Å². The van der Waals surface area contributed by atoms with Gasteiger partial charge in [-0.15, -0.1) is 0 Å². The van der Waals surface area contributed by atoms with E-state index in [1.165, 1.54) is 6.07 Å². The van der Waals surface area contributed by atoms with Crippen LogP contribution in [0.25, 0.3) is 0 Å². The number of nitrogen functional groups attached to an aromatic ring is 1. The van der Waals surface area contributed by atoms with E-state index in [2.05, 4.69) is 25.9 Å². The number of carbonyl (C=O) groups excluding carboxylic acids is 2. The van der Waals surface area contributed by atoms with Gasteiger partial charge >= 0.3 is 5.97 Å². The highest BCUT2D eigenvalue weighted by Gasteiger charge is 2.31. The lowest BCUT2D eigenvalue weighted by atomic mass is 9.91. The Balaban J connectivity index is 1.17. The lowest BCUT2D eigenvalue weighted by molar-refractivity contribution is -0.140. The lowest BCUT2D eigenvalue weighted by Crippen LogP contribution is -2.36. The van der Waals surface area contributed by atoms with Crippen molar-refractivity contribution in [3.05, 3.63) is 103 Å². The minimum Gasteiger partial charge on any atom is -0.481 e. The number of nitrogens with one attached hydrogen (secondary N) is 3. The van der Waals surface area contributed by atoms with Gasteiger partial charge in [0.25, 0.3) is 22.7 Å². The fourth-order valence-electron chi connectivity index (χ4n) is 4.90. The van der Waals surface area contributed by atoms with E-state index in [0.29, 0.717) is 19.3 Å². The minimum atomic E-state index is -0.865.